The quantitative estimate of drug-likeness (QED) is 0.878. The van der Waals surface area contributed by atoms with Crippen LogP contribution < -0.4 is 10.4 Å². The van der Waals surface area contributed by atoms with Crippen LogP contribution in [0.4, 0.5) is 14.5 Å². The molecule has 0 amide bonds. The van der Waals surface area contributed by atoms with Crippen molar-refractivity contribution in [1.82, 2.24) is 5.43 Å². The van der Waals surface area contributed by atoms with E-state index < -0.39 is 11.6 Å². The molecule has 0 saturated heterocycles. The van der Waals surface area contributed by atoms with Gasteiger partial charge >= 0.3 is 0 Å². The number of nitrogens with zero attached hydrogens (tertiary/aromatic N) is 2. The van der Waals surface area contributed by atoms with Gasteiger partial charge in [-0.05, 0) is 48.8 Å². The van der Waals surface area contributed by atoms with Crippen molar-refractivity contribution in [2.24, 2.45) is 5.41 Å². The monoisotopic (exact) mass is 317 g/mol. The Kier molecular flexibility index (Phi) is 3.89. The summed E-state index contributed by atoms with van der Waals surface area (Å²) in [6.07, 6.45) is 3.80. The SMILES string of the molecule is CCC1NN(c2ccc(C#N)c(F)c2F)C2=C1CCC(C)(C)C2. The Labute approximate surface area is 135 Å². The Balaban J connectivity index is 2.06. The van der Waals surface area contributed by atoms with Crippen LogP contribution in [0, 0.1) is 28.4 Å². The molecule has 1 aromatic rings. The smallest absolute Gasteiger partial charge is 0.185 e. The summed E-state index contributed by atoms with van der Waals surface area (Å²) in [5.41, 5.74) is 5.69. The Morgan fingerprint density at radius 3 is 2.74 bits per heavy atom. The lowest BCUT2D eigenvalue weighted by molar-refractivity contribution is 0.312. The minimum Gasteiger partial charge on any atom is -0.277 e. The summed E-state index contributed by atoms with van der Waals surface area (Å²) in [6, 6.07) is 4.66. The molecule has 0 saturated carbocycles. The van der Waals surface area contributed by atoms with Crippen LogP contribution in [0.2, 0.25) is 0 Å². The van der Waals surface area contributed by atoms with Crippen LogP contribution in [-0.2, 0) is 0 Å². The highest BCUT2D eigenvalue weighted by Gasteiger charge is 2.39. The van der Waals surface area contributed by atoms with Crippen molar-refractivity contribution in [1.29, 1.82) is 5.26 Å². The van der Waals surface area contributed by atoms with E-state index in [-0.39, 0.29) is 22.7 Å². The van der Waals surface area contributed by atoms with Crippen molar-refractivity contribution in [2.75, 3.05) is 5.01 Å². The van der Waals surface area contributed by atoms with Crippen LogP contribution in [0.15, 0.2) is 23.4 Å². The molecule has 0 spiro atoms. The molecule has 3 nitrogen and oxygen atoms in total. The minimum absolute atomic E-state index is 0.142. The first-order chi connectivity index (χ1) is 10.9. The summed E-state index contributed by atoms with van der Waals surface area (Å²) < 4.78 is 28.5. The van der Waals surface area contributed by atoms with Gasteiger partial charge in [-0.15, -0.1) is 0 Å². The lowest BCUT2D eigenvalue weighted by Crippen LogP contribution is -2.38. The zero-order chi connectivity index (χ0) is 16.8. The molecular formula is C18H21F2N3. The number of rotatable bonds is 2. The minimum atomic E-state index is -1.08. The molecule has 1 aliphatic carbocycles. The topological polar surface area (TPSA) is 39.1 Å². The predicted molar refractivity (Wildman–Crippen MR) is 85.4 cm³/mol. The highest BCUT2D eigenvalue weighted by atomic mass is 19.2. The van der Waals surface area contributed by atoms with Crippen LogP contribution in [-0.4, -0.2) is 6.04 Å². The van der Waals surface area contributed by atoms with E-state index in [4.69, 9.17) is 5.26 Å². The van der Waals surface area contributed by atoms with E-state index in [1.165, 1.54) is 17.7 Å². The Bertz CT molecular complexity index is 716. The van der Waals surface area contributed by atoms with Crippen LogP contribution in [0.3, 0.4) is 0 Å². The highest BCUT2D eigenvalue weighted by Crippen LogP contribution is 2.45. The van der Waals surface area contributed by atoms with Gasteiger partial charge in [-0.3, -0.25) is 5.01 Å². The molecule has 0 bridgehead atoms. The summed E-state index contributed by atoms with van der Waals surface area (Å²) >= 11 is 0. The maximum Gasteiger partial charge on any atom is 0.185 e. The zero-order valence-corrected chi connectivity index (χ0v) is 13.7. The largest absolute Gasteiger partial charge is 0.277 e. The van der Waals surface area contributed by atoms with Gasteiger partial charge in [-0.25, -0.2) is 14.2 Å². The van der Waals surface area contributed by atoms with Crippen LogP contribution >= 0.6 is 0 Å². The first kappa shape index (κ1) is 15.9. The van der Waals surface area contributed by atoms with Crippen LogP contribution in [0.1, 0.15) is 52.0 Å². The molecular weight excluding hydrogens is 296 g/mol. The lowest BCUT2D eigenvalue weighted by Gasteiger charge is -2.33. The second-order valence-corrected chi connectivity index (χ2v) is 7.11. The van der Waals surface area contributed by atoms with Crippen LogP contribution in [0.25, 0.3) is 0 Å². The Hall–Kier alpha value is -1.93. The van der Waals surface area contributed by atoms with Crippen molar-refractivity contribution in [2.45, 2.75) is 52.5 Å². The van der Waals surface area contributed by atoms with Gasteiger partial charge in [0.25, 0.3) is 0 Å². The summed E-state index contributed by atoms with van der Waals surface area (Å²) in [5.74, 6) is -2.05. The molecule has 1 heterocycles. The average Bonchev–Trinajstić information content (AvgIpc) is 2.86. The first-order valence-corrected chi connectivity index (χ1v) is 8.04. The molecule has 1 unspecified atom stereocenters. The number of anilines is 1. The molecule has 0 fully saturated rings. The number of allylic oxidation sites excluding steroid dienone is 1. The van der Waals surface area contributed by atoms with Gasteiger partial charge in [0, 0.05) is 11.7 Å². The molecule has 23 heavy (non-hydrogen) atoms. The van der Waals surface area contributed by atoms with E-state index in [1.54, 1.807) is 11.1 Å². The summed E-state index contributed by atoms with van der Waals surface area (Å²) in [6.45, 7) is 6.48. The van der Waals surface area contributed by atoms with E-state index in [0.717, 1.165) is 31.4 Å². The van der Waals surface area contributed by atoms with Crippen molar-refractivity contribution < 1.29 is 8.78 Å². The third-order valence-electron chi connectivity index (χ3n) is 4.89. The number of hydrogen-bond donors (Lipinski definition) is 1. The van der Waals surface area contributed by atoms with Gasteiger partial charge in [0.15, 0.2) is 11.6 Å². The lowest BCUT2D eigenvalue weighted by atomic mass is 9.75. The van der Waals surface area contributed by atoms with E-state index >= 15 is 0 Å². The molecule has 1 aromatic carbocycles. The average molecular weight is 317 g/mol. The fraction of sp³-hybridized carbons (Fsp3) is 0.500. The van der Waals surface area contributed by atoms with Gasteiger partial charge in [0.2, 0.25) is 0 Å². The van der Waals surface area contributed by atoms with Gasteiger partial charge in [-0.2, -0.15) is 5.26 Å². The molecule has 5 heteroatoms. The number of nitrogens with one attached hydrogen (secondary N) is 1. The third-order valence-corrected chi connectivity index (χ3v) is 4.89. The Morgan fingerprint density at radius 1 is 1.35 bits per heavy atom. The van der Waals surface area contributed by atoms with Crippen LogP contribution in [0.5, 0.6) is 0 Å². The molecule has 0 radical (unpaired) electrons. The Morgan fingerprint density at radius 2 is 2.09 bits per heavy atom. The molecule has 0 aromatic heterocycles. The summed E-state index contributed by atoms with van der Waals surface area (Å²) in [7, 11) is 0. The molecule has 1 aliphatic heterocycles. The van der Waals surface area contributed by atoms with Crippen molar-refractivity contribution in [3.63, 3.8) is 0 Å². The van der Waals surface area contributed by atoms with Crippen molar-refractivity contribution in [3.8, 4) is 6.07 Å². The van der Waals surface area contributed by atoms with Gasteiger partial charge in [0.05, 0.1) is 11.3 Å². The zero-order valence-electron chi connectivity index (χ0n) is 13.7. The molecule has 1 N–H and O–H groups in total. The van der Waals surface area contributed by atoms with Crippen molar-refractivity contribution >= 4 is 5.69 Å². The van der Waals surface area contributed by atoms with E-state index in [9.17, 15) is 8.78 Å². The number of halogens is 2. The van der Waals surface area contributed by atoms with Crippen molar-refractivity contribution in [3.05, 3.63) is 40.6 Å². The second-order valence-electron chi connectivity index (χ2n) is 7.11. The highest BCUT2D eigenvalue weighted by molar-refractivity contribution is 5.58. The standard InChI is InChI=1S/C18H21F2N3/c1-4-13-12-7-8-18(2,3)9-15(12)23(22-13)14-6-5-11(10-21)16(19)17(14)20/h5-6,13,22H,4,7-9H2,1-3H3. The van der Waals surface area contributed by atoms with Gasteiger partial charge in [-0.1, -0.05) is 20.8 Å². The molecule has 3 rings (SSSR count). The first-order valence-electron chi connectivity index (χ1n) is 8.04. The maximum atomic E-state index is 14.5. The van der Waals surface area contributed by atoms with E-state index in [1.807, 2.05) is 0 Å². The van der Waals surface area contributed by atoms with Gasteiger partial charge < -0.3 is 0 Å². The molecule has 2 aliphatic rings. The number of hydrazine groups is 1. The predicted octanol–water partition coefficient (Wildman–Crippen LogP) is 4.40. The molecule has 1 atom stereocenters. The normalized spacial score (nSPS) is 23.0. The fourth-order valence-corrected chi connectivity index (χ4v) is 3.53. The number of hydrogen-bond acceptors (Lipinski definition) is 3. The third kappa shape index (κ3) is 2.61. The summed E-state index contributed by atoms with van der Waals surface area (Å²) in [4.78, 5) is 0. The van der Waals surface area contributed by atoms with E-state index in [0.29, 0.717) is 0 Å². The summed E-state index contributed by atoms with van der Waals surface area (Å²) in [5, 5.41) is 10.5. The number of benzene rings is 1. The molecule has 122 valence electrons. The number of nitriles is 1. The van der Waals surface area contributed by atoms with Gasteiger partial charge in [0.1, 0.15) is 6.07 Å². The van der Waals surface area contributed by atoms with E-state index in [2.05, 4.69) is 26.2 Å². The fourth-order valence-electron chi connectivity index (χ4n) is 3.53. The second kappa shape index (κ2) is 5.61. The maximum absolute atomic E-state index is 14.5.